The van der Waals surface area contributed by atoms with Gasteiger partial charge in [0.25, 0.3) is 0 Å². The molecule has 3 aliphatic carbocycles. The molecule has 3 heteroatoms. The van der Waals surface area contributed by atoms with Crippen LogP contribution in [0, 0.1) is 17.3 Å². The van der Waals surface area contributed by atoms with E-state index in [4.69, 9.17) is 4.74 Å². The summed E-state index contributed by atoms with van der Waals surface area (Å²) in [6.45, 7) is 4.49. The maximum absolute atomic E-state index is 12.2. The smallest absolute Gasteiger partial charge is 0.306 e. The van der Waals surface area contributed by atoms with Crippen LogP contribution in [0.3, 0.4) is 0 Å². The van der Waals surface area contributed by atoms with Gasteiger partial charge in [0.2, 0.25) is 0 Å². The highest BCUT2D eigenvalue weighted by Crippen LogP contribution is 2.61. The first-order valence-corrected chi connectivity index (χ1v) is 10.5. The third-order valence-corrected chi connectivity index (χ3v) is 7.63. The molecule has 2 fully saturated rings. The van der Waals surface area contributed by atoms with Gasteiger partial charge in [0.1, 0.15) is 11.9 Å². The van der Waals surface area contributed by atoms with Gasteiger partial charge in [0.05, 0.1) is 0 Å². The number of phenolic OH excluding ortho intramolecular Hbond substituents is 1. The largest absolute Gasteiger partial charge is 0.508 e. The highest BCUT2D eigenvalue weighted by Gasteiger charge is 2.56. The Morgan fingerprint density at radius 3 is 2.92 bits per heavy atom. The maximum atomic E-state index is 12.2. The van der Waals surface area contributed by atoms with E-state index in [0.29, 0.717) is 29.9 Å². The van der Waals surface area contributed by atoms with Crippen LogP contribution in [0.5, 0.6) is 5.75 Å². The summed E-state index contributed by atoms with van der Waals surface area (Å²) in [7, 11) is 0. The minimum atomic E-state index is 0.00492. The second-order valence-electron chi connectivity index (χ2n) is 9.00. The van der Waals surface area contributed by atoms with Gasteiger partial charge in [-0.1, -0.05) is 26.3 Å². The number of rotatable bonds is 4. The number of phenols is 1. The first kappa shape index (κ1) is 17.9. The van der Waals surface area contributed by atoms with Crippen molar-refractivity contribution in [2.75, 3.05) is 0 Å². The quantitative estimate of drug-likeness (QED) is 0.740. The zero-order valence-electron chi connectivity index (χ0n) is 16.2. The van der Waals surface area contributed by atoms with E-state index in [9.17, 15) is 9.90 Å². The lowest BCUT2D eigenvalue weighted by atomic mass is 9.55. The molecule has 0 bridgehead atoms. The third-order valence-electron chi connectivity index (χ3n) is 7.63. The summed E-state index contributed by atoms with van der Waals surface area (Å²) in [6.07, 6.45) is 9.47. The molecule has 0 unspecified atom stereocenters. The van der Waals surface area contributed by atoms with Gasteiger partial charge in [0, 0.05) is 11.8 Å². The topological polar surface area (TPSA) is 46.5 Å². The van der Waals surface area contributed by atoms with Crippen LogP contribution in [0.4, 0.5) is 0 Å². The fourth-order valence-electron chi connectivity index (χ4n) is 6.25. The van der Waals surface area contributed by atoms with Crippen molar-refractivity contribution in [1.29, 1.82) is 0 Å². The van der Waals surface area contributed by atoms with Gasteiger partial charge < -0.3 is 9.84 Å². The van der Waals surface area contributed by atoms with Crippen molar-refractivity contribution in [3.63, 3.8) is 0 Å². The average Bonchev–Trinajstić information content (AvgIpc) is 2.96. The molecule has 3 nitrogen and oxygen atoms in total. The molecule has 0 heterocycles. The standard InChI is InChI=1S/C23H32O3/c1-3-4-5-22(25)26-21-11-10-20-19-8-6-15-14-16(24)7-9-17(15)18(19)12-13-23(20,21)2/h7,9,14,18-21,24H,3-6,8,10-13H2,1-2H3/t18-,19-,20+,21-,23-/m0/s1. The average molecular weight is 357 g/mol. The Balaban J connectivity index is 1.51. The number of aromatic hydroxyl groups is 1. The number of hydrogen-bond donors (Lipinski definition) is 1. The van der Waals surface area contributed by atoms with E-state index in [2.05, 4.69) is 19.9 Å². The maximum Gasteiger partial charge on any atom is 0.306 e. The van der Waals surface area contributed by atoms with Crippen molar-refractivity contribution < 1.29 is 14.6 Å². The summed E-state index contributed by atoms with van der Waals surface area (Å²) in [6, 6.07) is 5.97. The highest BCUT2D eigenvalue weighted by molar-refractivity contribution is 5.69. The molecule has 0 aliphatic heterocycles. The Morgan fingerprint density at radius 1 is 1.27 bits per heavy atom. The van der Waals surface area contributed by atoms with Gasteiger partial charge in [-0.2, -0.15) is 0 Å². The van der Waals surface area contributed by atoms with E-state index in [1.165, 1.54) is 30.4 Å². The molecule has 0 spiro atoms. The van der Waals surface area contributed by atoms with E-state index in [0.717, 1.165) is 32.1 Å². The fourth-order valence-corrected chi connectivity index (χ4v) is 6.25. The van der Waals surface area contributed by atoms with E-state index in [1.807, 2.05) is 12.1 Å². The molecule has 3 aliphatic rings. The summed E-state index contributed by atoms with van der Waals surface area (Å²) in [5, 5.41) is 9.81. The zero-order chi connectivity index (χ0) is 18.3. The minimum absolute atomic E-state index is 0.00492. The summed E-state index contributed by atoms with van der Waals surface area (Å²) < 4.78 is 5.98. The first-order chi connectivity index (χ1) is 12.5. The van der Waals surface area contributed by atoms with Crippen molar-refractivity contribution in [2.45, 2.75) is 83.7 Å². The van der Waals surface area contributed by atoms with Crippen molar-refractivity contribution in [3.8, 4) is 5.75 Å². The van der Waals surface area contributed by atoms with Gasteiger partial charge in [-0.15, -0.1) is 0 Å². The van der Waals surface area contributed by atoms with Crippen LogP contribution in [-0.2, 0) is 16.0 Å². The highest BCUT2D eigenvalue weighted by atomic mass is 16.5. The Hall–Kier alpha value is -1.51. The predicted molar refractivity (Wildman–Crippen MR) is 102 cm³/mol. The van der Waals surface area contributed by atoms with Crippen molar-refractivity contribution in [3.05, 3.63) is 29.3 Å². The molecular weight excluding hydrogens is 324 g/mol. The Bertz CT molecular complexity index is 682. The molecule has 1 aromatic rings. The number of fused-ring (bicyclic) bond motifs is 5. The number of ether oxygens (including phenoxy) is 1. The van der Waals surface area contributed by atoms with Gasteiger partial charge in [-0.05, 0) is 86.0 Å². The molecule has 2 saturated carbocycles. The van der Waals surface area contributed by atoms with Crippen molar-refractivity contribution in [1.82, 2.24) is 0 Å². The lowest BCUT2D eigenvalue weighted by Crippen LogP contribution is -2.45. The van der Waals surface area contributed by atoms with Gasteiger partial charge in [0.15, 0.2) is 0 Å². The molecule has 1 aromatic carbocycles. The van der Waals surface area contributed by atoms with E-state index >= 15 is 0 Å². The number of aryl methyl sites for hydroxylation is 1. The predicted octanol–water partition coefficient (Wildman–Crippen LogP) is 5.35. The number of unbranched alkanes of at least 4 members (excludes halogenated alkanes) is 1. The van der Waals surface area contributed by atoms with E-state index in [-0.39, 0.29) is 17.5 Å². The number of carbonyl (C=O) groups is 1. The van der Waals surface area contributed by atoms with Crippen molar-refractivity contribution >= 4 is 5.97 Å². The summed E-state index contributed by atoms with van der Waals surface area (Å²) in [4.78, 5) is 12.2. The van der Waals surface area contributed by atoms with Crippen LogP contribution in [0.2, 0.25) is 0 Å². The normalized spacial score (nSPS) is 35.3. The zero-order valence-corrected chi connectivity index (χ0v) is 16.2. The molecule has 142 valence electrons. The SMILES string of the molecule is CCCCC(=O)O[C@H]1CC[C@@H]2[C@H]3CCc4cc(O)ccc4[C@@H]3CC[C@]12C. The summed E-state index contributed by atoms with van der Waals surface area (Å²) >= 11 is 0. The van der Waals surface area contributed by atoms with Gasteiger partial charge in [-0.25, -0.2) is 0 Å². The van der Waals surface area contributed by atoms with E-state index in [1.54, 1.807) is 0 Å². The lowest BCUT2D eigenvalue weighted by molar-refractivity contribution is -0.157. The summed E-state index contributed by atoms with van der Waals surface area (Å²) in [5.41, 5.74) is 2.96. The lowest BCUT2D eigenvalue weighted by Gasteiger charge is -2.50. The number of esters is 1. The van der Waals surface area contributed by atoms with Crippen molar-refractivity contribution in [2.24, 2.45) is 17.3 Å². The Morgan fingerprint density at radius 2 is 2.12 bits per heavy atom. The number of hydrogen-bond acceptors (Lipinski definition) is 3. The Kier molecular flexibility index (Phi) is 4.75. The second-order valence-corrected chi connectivity index (χ2v) is 9.00. The third kappa shape index (κ3) is 2.93. The van der Waals surface area contributed by atoms with Crippen LogP contribution < -0.4 is 0 Å². The Labute approximate surface area is 157 Å². The van der Waals surface area contributed by atoms with Crippen LogP contribution >= 0.6 is 0 Å². The molecule has 0 amide bonds. The molecular formula is C23H32O3. The summed E-state index contributed by atoms with van der Waals surface area (Å²) in [5.74, 6) is 2.37. The van der Waals surface area contributed by atoms with Gasteiger partial charge >= 0.3 is 5.97 Å². The monoisotopic (exact) mass is 356 g/mol. The molecule has 5 atom stereocenters. The minimum Gasteiger partial charge on any atom is -0.508 e. The van der Waals surface area contributed by atoms with Crippen LogP contribution in [0.15, 0.2) is 18.2 Å². The van der Waals surface area contributed by atoms with Crippen LogP contribution in [0.25, 0.3) is 0 Å². The first-order valence-electron chi connectivity index (χ1n) is 10.5. The molecule has 0 radical (unpaired) electrons. The van der Waals surface area contributed by atoms with Gasteiger partial charge in [-0.3, -0.25) is 4.79 Å². The van der Waals surface area contributed by atoms with E-state index < -0.39 is 0 Å². The van der Waals surface area contributed by atoms with Crippen LogP contribution in [0.1, 0.15) is 82.3 Å². The molecule has 26 heavy (non-hydrogen) atoms. The molecule has 4 rings (SSSR count). The molecule has 0 saturated heterocycles. The second kappa shape index (κ2) is 6.90. The fraction of sp³-hybridized carbons (Fsp3) is 0.696. The molecule has 0 aromatic heterocycles. The van der Waals surface area contributed by atoms with Crippen LogP contribution in [-0.4, -0.2) is 17.2 Å². The number of benzene rings is 1. The molecule has 1 N–H and O–H groups in total. The number of carbonyl (C=O) groups excluding carboxylic acids is 1.